The van der Waals surface area contributed by atoms with Gasteiger partial charge in [0.25, 0.3) is 0 Å². The highest BCUT2D eigenvalue weighted by atomic mass is 35.5. The lowest BCUT2D eigenvalue weighted by molar-refractivity contribution is -0.184. The van der Waals surface area contributed by atoms with E-state index in [9.17, 15) is 18.0 Å². The zero-order valence-corrected chi connectivity index (χ0v) is 16.9. The second kappa shape index (κ2) is 8.88. The highest BCUT2D eigenvalue weighted by molar-refractivity contribution is 5.91. The molecule has 0 bridgehead atoms. The van der Waals surface area contributed by atoms with Crippen molar-refractivity contribution in [2.75, 3.05) is 39.8 Å². The lowest BCUT2D eigenvalue weighted by Crippen LogP contribution is -2.58. The largest absolute Gasteiger partial charge is 0.496 e. The first-order chi connectivity index (χ1) is 12.8. The van der Waals surface area contributed by atoms with Crippen LogP contribution in [0.3, 0.4) is 0 Å². The van der Waals surface area contributed by atoms with Crippen molar-refractivity contribution in [3.8, 4) is 5.75 Å². The number of amides is 1. The van der Waals surface area contributed by atoms with E-state index in [4.69, 9.17) is 4.74 Å². The molecule has 1 amide bonds. The lowest BCUT2D eigenvalue weighted by atomic mass is 9.93. The van der Waals surface area contributed by atoms with Gasteiger partial charge in [-0.2, -0.15) is 13.2 Å². The van der Waals surface area contributed by atoms with Crippen molar-refractivity contribution in [3.05, 3.63) is 29.3 Å². The molecule has 1 atom stereocenters. The van der Waals surface area contributed by atoms with Crippen LogP contribution in [0.2, 0.25) is 0 Å². The minimum absolute atomic E-state index is 0. The Morgan fingerprint density at radius 2 is 1.96 bits per heavy atom. The Morgan fingerprint density at radius 1 is 1.32 bits per heavy atom. The van der Waals surface area contributed by atoms with E-state index < -0.39 is 24.2 Å². The SMILES string of the molecule is COc1cc(C2(C(=O)NCC(N3CCNCC3)C(F)(F)F)CC2)ccc1C.Cl. The molecular weight excluding hydrogens is 395 g/mol. The minimum atomic E-state index is -4.38. The number of carbonyl (C=O) groups is 1. The molecule has 158 valence electrons. The maximum atomic E-state index is 13.5. The van der Waals surface area contributed by atoms with Gasteiger partial charge in [-0.3, -0.25) is 9.69 Å². The summed E-state index contributed by atoms with van der Waals surface area (Å²) in [5.74, 6) is 0.346. The molecule has 0 spiro atoms. The second-order valence-corrected chi connectivity index (χ2v) is 7.32. The number of alkyl halides is 3. The van der Waals surface area contributed by atoms with Gasteiger partial charge in [-0.15, -0.1) is 12.4 Å². The monoisotopic (exact) mass is 421 g/mol. The van der Waals surface area contributed by atoms with Crippen LogP contribution in [0.15, 0.2) is 18.2 Å². The van der Waals surface area contributed by atoms with Gasteiger partial charge in [0.2, 0.25) is 5.91 Å². The van der Waals surface area contributed by atoms with E-state index in [0.717, 1.165) is 11.1 Å². The van der Waals surface area contributed by atoms with Crippen LogP contribution in [0.25, 0.3) is 0 Å². The van der Waals surface area contributed by atoms with Crippen molar-refractivity contribution < 1.29 is 22.7 Å². The van der Waals surface area contributed by atoms with Gasteiger partial charge in [-0.05, 0) is 37.0 Å². The summed E-state index contributed by atoms with van der Waals surface area (Å²) in [5.41, 5.74) is 1.02. The summed E-state index contributed by atoms with van der Waals surface area (Å²) in [7, 11) is 1.56. The Bertz CT molecular complexity index is 689. The first kappa shape index (κ1) is 22.8. The second-order valence-electron chi connectivity index (χ2n) is 7.32. The van der Waals surface area contributed by atoms with Crippen LogP contribution in [-0.2, 0) is 10.2 Å². The molecule has 0 aromatic heterocycles. The smallest absolute Gasteiger partial charge is 0.405 e. The summed E-state index contributed by atoms with van der Waals surface area (Å²) in [5, 5.41) is 5.63. The molecule has 1 saturated heterocycles. The molecule has 1 aliphatic heterocycles. The van der Waals surface area contributed by atoms with E-state index in [1.165, 1.54) is 4.90 Å². The molecule has 1 saturated carbocycles. The summed E-state index contributed by atoms with van der Waals surface area (Å²) in [4.78, 5) is 14.2. The fourth-order valence-electron chi connectivity index (χ4n) is 3.69. The number of rotatable bonds is 6. The molecule has 1 aliphatic carbocycles. The van der Waals surface area contributed by atoms with Gasteiger partial charge in [0.05, 0.1) is 12.5 Å². The van der Waals surface area contributed by atoms with Crippen LogP contribution in [0.4, 0.5) is 13.2 Å². The number of halogens is 4. The molecule has 1 heterocycles. The van der Waals surface area contributed by atoms with Gasteiger partial charge >= 0.3 is 6.18 Å². The molecule has 1 aromatic rings. The van der Waals surface area contributed by atoms with Crippen molar-refractivity contribution >= 4 is 18.3 Å². The predicted octanol–water partition coefficient (Wildman–Crippen LogP) is 2.41. The topological polar surface area (TPSA) is 53.6 Å². The number of hydrogen-bond acceptors (Lipinski definition) is 4. The normalized spacial score (nSPS) is 20.0. The van der Waals surface area contributed by atoms with E-state index in [2.05, 4.69) is 10.6 Å². The molecule has 1 aromatic carbocycles. The first-order valence-corrected chi connectivity index (χ1v) is 9.23. The number of nitrogens with one attached hydrogen (secondary N) is 2. The third-order valence-corrected chi connectivity index (χ3v) is 5.57. The zero-order chi connectivity index (χ0) is 19.7. The molecule has 3 rings (SSSR count). The number of ether oxygens (including phenoxy) is 1. The number of nitrogens with zero attached hydrogens (tertiary/aromatic N) is 1. The van der Waals surface area contributed by atoms with Crippen molar-refractivity contribution in [3.63, 3.8) is 0 Å². The molecule has 2 fully saturated rings. The number of benzene rings is 1. The summed E-state index contributed by atoms with van der Waals surface area (Å²) in [6.45, 7) is 3.17. The highest BCUT2D eigenvalue weighted by Gasteiger charge is 2.52. The standard InChI is InChI=1S/C19H26F3N3O2.ClH/c1-13-3-4-14(11-15(13)27-2)18(5-6-18)17(26)24-12-16(19(20,21)22)25-9-7-23-8-10-25;/h3-4,11,16,23H,5-10,12H2,1-2H3,(H,24,26);1H. The number of hydrogen-bond donors (Lipinski definition) is 2. The Kier molecular flexibility index (Phi) is 7.22. The number of aryl methyl sites for hydroxylation is 1. The first-order valence-electron chi connectivity index (χ1n) is 9.23. The van der Waals surface area contributed by atoms with E-state index in [1.54, 1.807) is 7.11 Å². The van der Waals surface area contributed by atoms with E-state index >= 15 is 0 Å². The van der Waals surface area contributed by atoms with Crippen molar-refractivity contribution in [2.45, 2.75) is 37.4 Å². The van der Waals surface area contributed by atoms with E-state index in [1.807, 2.05) is 25.1 Å². The Hall–Kier alpha value is -1.51. The van der Waals surface area contributed by atoms with Crippen molar-refractivity contribution in [1.29, 1.82) is 0 Å². The third kappa shape index (κ3) is 4.72. The molecule has 28 heavy (non-hydrogen) atoms. The number of carbonyl (C=O) groups excluding carboxylic acids is 1. The van der Waals surface area contributed by atoms with Gasteiger partial charge < -0.3 is 15.4 Å². The molecule has 1 unspecified atom stereocenters. The molecule has 0 radical (unpaired) electrons. The van der Waals surface area contributed by atoms with Gasteiger partial charge in [-0.1, -0.05) is 12.1 Å². The molecule has 2 aliphatic rings. The third-order valence-electron chi connectivity index (χ3n) is 5.57. The molecular formula is C19H27ClF3N3O2. The Labute approximate surface area is 169 Å². The summed E-state index contributed by atoms with van der Waals surface area (Å²) >= 11 is 0. The maximum Gasteiger partial charge on any atom is 0.405 e. The van der Waals surface area contributed by atoms with Crippen LogP contribution >= 0.6 is 12.4 Å². The average Bonchev–Trinajstić information content (AvgIpc) is 3.44. The minimum Gasteiger partial charge on any atom is -0.496 e. The zero-order valence-electron chi connectivity index (χ0n) is 16.1. The van der Waals surface area contributed by atoms with Crippen LogP contribution in [0.1, 0.15) is 24.0 Å². The highest BCUT2D eigenvalue weighted by Crippen LogP contribution is 2.49. The summed E-state index contributed by atoms with van der Waals surface area (Å²) < 4.78 is 45.8. The van der Waals surface area contributed by atoms with Crippen LogP contribution in [-0.4, -0.2) is 62.9 Å². The van der Waals surface area contributed by atoms with Crippen LogP contribution in [0, 0.1) is 6.92 Å². The Balaban J connectivity index is 0.00000280. The fourth-order valence-corrected chi connectivity index (χ4v) is 3.69. The molecule has 5 nitrogen and oxygen atoms in total. The van der Waals surface area contributed by atoms with Gasteiger partial charge in [0, 0.05) is 32.7 Å². The quantitative estimate of drug-likeness (QED) is 0.740. The maximum absolute atomic E-state index is 13.5. The van der Waals surface area contributed by atoms with Crippen molar-refractivity contribution in [1.82, 2.24) is 15.5 Å². The Morgan fingerprint density at radius 3 is 2.50 bits per heavy atom. The molecule has 2 N–H and O–H groups in total. The van der Waals surface area contributed by atoms with Crippen LogP contribution < -0.4 is 15.4 Å². The predicted molar refractivity (Wildman–Crippen MR) is 103 cm³/mol. The summed E-state index contributed by atoms with van der Waals surface area (Å²) in [6.07, 6.45) is -3.11. The number of piperazine rings is 1. The van der Waals surface area contributed by atoms with Crippen LogP contribution in [0.5, 0.6) is 5.75 Å². The van der Waals surface area contributed by atoms with Gasteiger partial charge in [-0.25, -0.2) is 0 Å². The lowest BCUT2D eigenvalue weighted by Gasteiger charge is -2.36. The number of methoxy groups -OCH3 is 1. The van der Waals surface area contributed by atoms with E-state index in [-0.39, 0.29) is 18.3 Å². The fraction of sp³-hybridized carbons (Fsp3) is 0.632. The van der Waals surface area contributed by atoms with E-state index in [0.29, 0.717) is 44.8 Å². The average molecular weight is 422 g/mol. The molecule has 9 heteroatoms. The van der Waals surface area contributed by atoms with Gasteiger partial charge in [0.1, 0.15) is 11.8 Å². The van der Waals surface area contributed by atoms with Gasteiger partial charge in [0.15, 0.2) is 0 Å². The van der Waals surface area contributed by atoms with Crippen molar-refractivity contribution in [2.24, 2.45) is 0 Å². The summed E-state index contributed by atoms with van der Waals surface area (Å²) in [6, 6.07) is 3.90.